The van der Waals surface area contributed by atoms with E-state index in [1.807, 2.05) is 0 Å². The molecule has 2 N–H and O–H groups in total. The Balaban J connectivity index is 1.42. The van der Waals surface area contributed by atoms with Crippen LogP contribution in [0, 0.1) is 0 Å². The Morgan fingerprint density at radius 3 is 2.50 bits per heavy atom. The molecule has 7 heteroatoms. The fourth-order valence-corrected chi connectivity index (χ4v) is 3.66. The molecule has 0 unspecified atom stereocenters. The van der Waals surface area contributed by atoms with Gasteiger partial charge in [-0.3, -0.25) is 9.69 Å². The molecule has 0 atom stereocenters. The third-order valence-electron chi connectivity index (χ3n) is 4.93. The van der Waals surface area contributed by atoms with Crippen LogP contribution in [-0.2, 0) is 4.79 Å². The van der Waals surface area contributed by atoms with Crippen LogP contribution in [0.2, 0.25) is 0 Å². The first-order valence-electron chi connectivity index (χ1n) is 8.29. The number of likely N-dealkylation sites (tertiary alicyclic amines) is 1. The van der Waals surface area contributed by atoms with Crippen molar-refractivity contribution in [2.45, 2.75) is 50.5 Å². The zero-order valence-electron chi connectivity index (χ0n) is 12.9. The molecule has 0 aromatic heterocycles. The Kier molecular flexibility index (Phi) is 4.22. The second-order valence-electron chi connectivity index (χ2n) is 6.46. The second-order valence-corrected chi connectivity index (χ2v) is 6.46. The molecule has 1 spiro atoms. The second kappa shape index (κ2) is 6.14. The van der Waals surface area contributed by atoms with Gasteiger partial charge in [0, 0.05) is 26.2 Å². The van der Waals surface area contributed by atoms with Gasteiger partial charge in [0.1, 0.15) is 5.54 Å². The van der Waals surface area contributed by atoms with Gasteiger partial charge in [0.15, 0.2) is 0 Å². The van der Waals surface area contributed by atoms with Gasteiger partial charge >= 0.3 is 12.1 Å². The van der Waals surface area contributed by atoms with Gasteiger partial charge in [-0.25, -0.2) is 9.59 Å². The Labute approximate surface area is 130 Å². The number of urea groups is 2. The molecule has 0 bridgehead atoms. The van der Waals surface area contributed by atoms with Crippen LogP contribution in [0.25, 0.3) is 0 Å². The molecule has 3 aliphatic rings. The van der Waals surface area contributed by atoms with Crippen molar-refractivity contribution in [2.24, 2.45) is 0 Å². The smallest absolute Gasteiger partial charge is 0.325 e. The first-order valence-corrected chi connectivity index (χ1v) is 8.29. The van der Waals surface area contributed by atoms with Gasteiger partial charge in [0.25, 0.3) is 5.91 Å². The molecule has 7 nitrogen and oxygen atoms in total. The predicted octanol–water partition coefficient (Wildman–Crippen LogP) is 1.05. The summed E-state index contributed by atoms with van der Waals surface area (Å²) in [4.78, 5) is 39.4. The molecule has 0 aromatic carbocycles. The zero-order valence-corrected chi connectivity index (χ0v) is 12.9. The van der Waals surface area contributed by atoms with Crippen LogP contribution < -0.4 is 10.6 Å². The van der Waals surface area contributed by atoms with E-state index in [0.717, 1.165) is 51.6 Å². The first-order chi connectivity index (χ1) is 10.6. The molecular weight excluding hydrogens is 284 g/mol. The van der Waals surface area contributed by atoms with E-state index in [1.54, 1.807) is 4.90 Å². The molecular formula is C15H24N4O3. The molecule has 3 fully saturated rings. The summed E-state index contributed by atoms with van der Waals surface area (Å²) in [5.74, 6) is -0.0825. The van der Waals surface area contributed by atoms with E-state index in [0.29, 0.717) is 19.5 Å². The average Bonchev–Trinajstić information content (AvgIpc) is 3.21. The van der Waals surface area contributed by atoms with Crippen molar-refractivity contribution in [3.8, 4) is 0 Å². The third-order valence-corrected chi connectivity index (χ3v) is 4.93. The Hall–Kier alpha value is -1.79. The molecule has 0 aromatic rings. The quantitative estimate of drug-likeness (QED) is 0.601. The first kappa shape index (κ1) is 15.1. The maximum atomic E-state index is 12.4. The van der Waals surface area contributed by atoms with Crippen molar-refractivity contribution < 1.29 is 14.4 Å². The molecule has 1 saturated carbocycles. The molecule has 5 amide bonds. The van der Waals surface area contributed by atoms with Gasteiger partial charge in [-0.2, -0.15) is 0 Å². The minimum absolute atomic E-state index is 0.0398. The number of hydrogen-bond donors (Lipinski definition) is 2. The summed E-state index contributed by atoms with van der Waals surface area (Å²) in [6.07, 6.45) is 6.21. The van der Waals surface area contributed by atoms with Crippen LogP contribution in [0.5, 0.6) is 0 Å². The lowest BCUT2D eigenvalue weighted by molar-refractivity contribution is -0.131. The van der Waals surface area contributed by atoms with Crippen molar-refractivity contribution in [1.29, 1.82) is 0 Å². The number of amides is 5. The highest BCUT2D eigenvalue weighted by molar-refractivity contribution is 6.07. The van der Waals surface area contributed by atoms with Gasteiger partial charge in [-0.15, -0.1) is 0 Å². The van der Waals surface area contributed by atoms with Crippen molar-refractivity contribution in [2.75, 3.05) is 26.2 Å². The number of nitrogens with zero attached hydrogens (tertiary/aromatic N) is 2. The zero-order chi connectivity index (χ0) is 15.6. The highest BCUT2D eigenvalue weighted by Crippen LogP contribution is 2.34. The summed E-state index contributed by atoms with van der Waals surface area (Å²) in [5, 5.41) is 5.72. The molecule has 0 radical (unpaired) electrons. The minimum Gasteiger partial charge on any atom is -0.338 e. The highest BCUT2D eigenvalue weighted by Gasteiger charge is 2.51. The van der Waals surface area contributed by atoms with Crippen LogP contribution in [0.15, 0.2) is 0 Å². The third kappa shape index (κ3) is 2.76. The summed E-state index contributed by atoms with van der Waals surface area (Å²) in [7, 11) is 0. The topological polar surface area (TPSA) is 81.8 Å². The van der Waals surface area contributed by atoms with Gasteiger partial charge in [0.05, 0.1) is 0 Å². The normalized spacial score (nSPS) is 23.5. The molecule has 2 saturated heterocycles. The summed E-state index contributed by atoms with van der Waals surface area (Å²) >= 11 is 0. The summed E-state index contributed by atoms with van der Waals surface area (Å²) < 4.78 is 0. The number of nitrogens with one attached hydrogen (secondary N) is 2. The maximum Gasteiger partial charge on any atom is 0.325 e. The van der Waals surface area contributed by atoms with Gasteiger partial charge in [-0.1, -0.05) is 12.8 Å². The van der Waals surface area contributed by atoms with Crippen molar-refractivity contribution >= 4 is 18.0 Å². The fraction of sp³-hybridized carbons (Fsp3) is 0.800. The summed E-state index contributed by atoms with van der Waals surface area (Å²) in [6, 6.07) is -0.320. The summed E-state index contributed by atoms with van der Waals surface area (Å²) in [6.45, 7) is 2.49. The van der Waals surface area contributed by atoms with E-state index in [4.69, 9.17) is 0 Å². The maximum absolute atomic E-state index is 12.4. The lowest BCUT2D eigenvalue weighted by Crippen LogP contribution is -2.44. The van der Waals surface area contributed by atoms with Crippen LogP contribution in [0.3, 0.4) is 0 Å². The van der Waals surface area contributed by atoms with Gasteiger partial charge in [0.2, 0.25) is 0 Å². The molecule has 1 aliphatic carbocycles. The molecule has 2 heterocycles. The molecule has 2 aliphatic heterocycles. The van der Waals surface area contributed by atoms with Crippen LogP contribution in [0.4, 0.5) is 9.59 Å². The number of carbonyl (C=O) groups is 3. The van der Waals surface area contributed by atoms with E-state index in [2.05, 4.69) is 10.6 Å². The SMILES string of the molecule is O=C(NCCCN1C(=O)NC2(CCCC2)C1=O)N1CCCC1. The average molecular weight is 308 g/mol. The van der Waals surface area contributed by atoms with E-state index in [-0.39, 0.29) is 18.0 Å². The van der Waals surface area contributed by atoms with Gasteiger partial charge < -0.3 is 15.5 Å². The molecule has 3 rings (SSSR count). The number of imide groups is 1. The van der Waals surface area contributed by atoms with Crippen molar-refractivity contribution in [3.63, 3.8) is 0 Å². The highest BCUT2D eigenvalue weighted by atomic mass is 16.2. The van der Waals surface area contributed by atoms with Crippen molar-refractivity contribution in [1.82, 2.24) is 20.4 Å². The number of hydrogen-bond acceptors (Lipinski definition) is 3. The lowest BCUT2D eigenvalue weighted by atomic mass is 9.98. The Morgan fingerprint density at radius 1 is 1.14 bits per heavy atom. The Morgan fingerprint density at radius 2 is 1.82 bits per heavy atom. The van der Waals surface area contributed by atoms with Crippen LogP contribution >= 0.6 is 0 Å². The van der Waals surface area contributed by atoms with E-state index < -0.39 is 5.54 Å². The number of rotatable bonds is 4. The summed E-state index contributed by atoms with van der Waals surface area (Å²) in [5.41, 5.74) is -0.629. The minimum atomic E-state index is -0.629. The van der Waals surface area contributed by atoms with Crippen LogP contribution in [0.1, 0.15) is 44.9 Å². The van der Waals surface area contributed by atoms with Crippen molar-refractivity contribution in [3.05, 3.63) is 0 Å². The molecule has 22 heavy (non-hydrogen) atoms. The standard InChI is InChI=1S/C15H24N4O3/c20-12-15(6-1-2-7-15)17-14(22)19(12)11-5-8-16-13(21)18-9-3-4-10-18/h1-11H2,(H,16,21)(H,17,22). The fourth-order valence-electron chi connectivity index (χ4n) is 3.66. The van der Waals surface area contributed by atoms with E-state index >= 15 is 0 Å². The van der Waals surface area contributed by atoms with Crippen LogP contribution in [-0.4, -0.2) is 59.5 Å². The largest absolute Gasteiger partial charge is 0.338 e. The van der Waals surface area contributed by atoms with E-state index in [1.165, 1.54) is 4.90 Å². The van der Waals surface area contributed by atoms with E-state index in [9.17, 15) is 14.4 Å². The number of carbonyl (C=O) groups excluding carboxylic acids is 3. The monoisotopic (exact) mass is 308 g/mol. The lowest BCUT2D eigenvalue weighted by Gasteiger charge is -2.20. The van der Waals surface area contributed by atoms with Gasteiger partial charge in [-0.05, 0) is 32.1 Å². The Bertz CT molecular complexity index is 467. The predicted molar refractivity (Wildman–Crippen MR) is 80.3 cm³/mol. The molecule has 122 valence electrons.